The summed E-state index contributed by atoms with van der Waals surface area (Å²) in [5.74, 6) is -2.36. The fourth-order valence-electron chi connectivity index (χ4n) is 10.8. The first-order valence-electron chi connectivity index (χ1n) is 23.9. The van der Waals surface area contributed by atoms with Crippen molar-refractivity contribution in [2.45, 2.75) is 108 Å². The third kappa shape index (κ3) is 9.76. The van der Waals surface area contributed by atoms with Crippen molar-refractivity contribution in [2.75, 3.05) is 26.2 Å². The highest BCUT2D eigenvalue weighted by molar-refractivity contribution is 6.05. The lowest BCUT2D eigenvalue weighted by atomic mass is 9.53. The van der Waals surface area contributed by atoms with Crippen LogP contribution in [0, 0.1) is 23.0 Å². The first-order chi connectivity index (χ1) is 33.4. The molecular weight excluding hydrogens is 891 g/mol. The molecule has 3 N–H and O–H groups in total. The SMILES string of the molecule is O=C1CCC(N2Cc3c(OCc4ccc(CN5CCC(CCCOc6ccc(-c7noc(C89CCC(CNC(=O)c%10cc(F)c(O)c(F)c%10)(CC8)CC9)n7)nn6)CC5)cc4)cccc3C2=O)C(=O)N1. The molecule has 3 aliphatic carbocycles. The van der Waals surface area contributed by atoms with Gasteiger partial charge in [0.15, 0.2) is 17.4 Å². The molecule has 1 atom stereocenters. The fraction of sp³-hybridized carbons (Fsp3) is 0.451. The maximum atomic E-state index is 13.8. The largest absolute Gasteiger partial charge is 0.503 e. The number of hydrogen-bond donors (Lipinski definition) is 3. The molecule has 3 saturated carbocycles. The summed E-state index contributed by atoms with van der Waals surface area (Å²) in [5, 5.41) is 27.4. The number of hydrogen-bond acceptors (Lipinski definition) is 13. The van der Waals surface area contributed by atoms with Gasteiger partial charge in [0.25, 0.3) is 11.8 Å². The van der Waals surface area contributed by atoms with Crippen LogP contribution in [0.2, 0.25) is 0 Å². The molecule has 5 aromatic rings. The van der Waals surface area contributed by atoms with E-state index in [4.69, 9.17) is 19.0 Å². The van der Waals surface area contributed by atoms with Crippen LogP contribution in [0.1, 0.15) is 120 Å². The Hall–Kier alpha value is -6.82. The van der Waals surface area contributed by atoms with Crippen molar-refractivity contribution in [3.63, 3.8) is 0 Å². The van der Waals surface area contributed by atoms with Crippen LogP contribution in [0.25, 0.3) is 11.5 Å². The highest BCUT2D eigenvalue weighted by Crippen LogP contribution is 2.57. The summed E-state index contributed by atoms with van der Waals surface area (Å²) in [5.41, 5.74) is 3.48. The third-order valence-electron chi connectivity index (χ3n) is 15.1. The number of nitrogens with one attached hydrogen (secondary N) is 2. The van der Waals surface area contributed by atoms with E-state index in [2.05, 4.69) is 55.2 Å². The first-order valence-corrected chi connectivity index (χ1v) is 23.9. The van der Waals surface area contributed by atoms with Gasteiger partial charge in [-0.1, -0.05) is 35.5 Å². The summed E-state index contributed by atoms with van der Waals surface area (Å²) >= 11 is 0. The van der Waals surface area contributed by atoms with E-state index in [1.165, 1.54) is 10.5 Å². The Morgan fingerprint density at radius 2 is 1.64 bits per heavy atom. The molecule has 1 unspecified atom stereocenters. The van der Waals surface area contributed by atoms with E-state index in [-0.39, 0.29) is 41.2 Å². The maximum absolute atomic E-state index is 13.8. The van der Waals surface area contributed by atoms with Crippen molar-refractivity contribution < 1.29 is 47.1 Å². The number of aromatic nitrogens is 4. The normalized spacial score (nSPS) is 22.7. The van der Waals surface area contributed by atoms with E-state index in [0.29, 0.717) is 66.7 Å². The Labute approximate surface area is 397 Å². The first kappa shape index (κ1) is 45.9. The summed E-state index contributed by atoms with van der Waals surface area (Å²) in [7, 11) is 0. The van der Waals surface area contributed by atoms with Gasteiger partial charge in [-0.05, 0) is 137 Å². The Morgan fingerprint density at radius 1 is 0.899 bits per heavy atom. The van der Waals surface area contributed by atoms with Gasteiger partial charge in [-0.25, -0.2) is 8.78 Å². The van der Waals surface area contributed by atoms with Crippen LogP contribution in [0.3, 0.4) is 0 Å². The molecule has 16 nitrogen and oxygen atoms in total. The van der Waals surface area contributed by atoms with Crippen molar-refractivity contribution in [3.05, 3.63) is 112 Å². The monoisotopic (exact) mass is 944 g/mol. The molecule has 2 bridgehead atoms. The molecule has 3 aliphatic heterocycles. The summed E-state index contributed by atoms with van der Waals surface area (Å²) < 4.78 is 45.6. The second kappa shape index (κ2) is 19.3. The number of carbonyl (C=O) groups excluding carboxylic acids is 4. The molecule has 4 amide bonds. The number of halogens is 2. The Morgan fingerprint density at radius 3 is 2.35 bits per heavy atom. The maximum Gasteiger partial charge on any atom is 0.255 e. The standard InChI is InChI=1S/C51H54F2N8O8/c52-37-25-34(26-38(53)44(37)63)46(64)54-30-50-16-19-51(20-17-50,21-18-50)49-56-45(59-69-49)39-10-13-43(58-57-39)67-24-2-3-31-14-22-60(23-15-31)27-32-6-8-33(9-7-32)29-68-41-5-1-4-35-36(41)28-61(48(35)66)40-11-12-42(62)55-47(40)65/h1,4-10,13,25-26,31,40,63H,2-3,11-12,14-24,27-30H2,(H,54,64)(H,55,62,65). The van der Waals surface area contributed by atoms with Crippen LogP contribution >= 0.6 is 0 Å². The van der Waals surface area contributed by atoms with Gasteiger partial charge in [0.2, 0.25) is 29.4 Å². The summed E-state index contributed by atoms with van der Waals surface area (Å²) in [6.45, 7) is 4.49. The Kier molecular flexibility index (Phi) is 12.8. The van der Waals surface area contributed by atoms with E-state index >= 15 is 0 Å². The van der Waals surface area contributed by atoms with Gasteiger partial charge in [-0.3, -0.25) is 29.4 Å². The number of fused-ring (bicyclic) bond motifs is 4. The topological polar surface area (TPSA) is 202 Å². The molecule has 5 heterocycles. The molecule has 0 spiro atoms. The zero-order valence-electron chi connectivity index (χ0n) is 38.2. The number of amides is 4. The predicted molar refractivity (Wildman–Crippen MR) is 243 cm³/mol. The number of nitrogens with zero attached hydrogens (tertiary/aromatic N) is 6. The molecule has 5 fully saturated rings. The van der Waals surface area contributed by atoms with Gasteiger partial charge in [0.05, 0.1) is 13.2 Å². The van der Waals surface area contributed by atoms with Gasteiger partial charge in [-0.2, -0.15) is 4.98 Å². The number of carbonyl (C=O) groups is 4. The van der Waals surface area contributed by atoms with Gasteiger partial charge >= 0.3 is 0 Å². The van der Waals surface area contributed by atoms with Crippen molar-refractivity contribution in [1.29, 1.82) is 0 Å². The average Bonchev–Trinajstić information content (AvgIpc) is 4.01. The van der Waals surface area contributed by atoms with Crippen molar-refractivity contribution in [2.24, 2.45) is 11.3 Å². The second-order valence-electron chi connectivity index (χ2n) is 19.4. The lowest BCUT2D eigenvalue weighted by molar-refractivity contribution is -0.136. The van der Waals surface area contributed by atoms with Crippen molar-refractivity contribution in [3.8, 4) is 28.9 Å². The molecule has 3 aromatic carbocycles. The number of piperidine rings is 2. The van der Waals surface area contributed by atoms with Crippen LogP contribution < -0.4 is 20.1 Å². The van der Waals surface area contributed by atoms with E-state index in [9.17, 15) is 33.1 Å². The molecule has 2 saturated heterocycles. The van der Waals surface area contributed by atoms with E-state index in [0.717, 1.165) is 107 Å². The van der Waals surface area contributed by atoms with Crippen molar-refractivity contribution >= 4 is 23.6 Å². The quantitative estimate of drug-likeness (QED) is 0.0679. The molecule has 0 radical (unpaired) electrons. The van der Waals surface area contributed by atoms with Gasteiger partial charge in [-0.15, -0.1) is 10.2 Å². The van der Waals surface area contributed by atoms with Crippen LogP contribution in [0.5, 0.6) is 17.4 Å². The van der Waals surface area contributed by atoms with Crippen LogP contribution in [0.15, 0.2) is 71.3 Å². The number of phenols is 1. The number of benzene rings is 3. The molecule has 6 aliphatic rings. The Balaban J connectivity index is 0.618. The number of ether oxygens (including phenoxy) is 2. The number of imide groups is 1. The molecular formula is C51H54F2N8O8. The van der Waals surface area contributed by atoms with Crippen LogP contribution in [-0.4, -0.2) is 91.2 Å². The average molecular weight is 945 g/mol. The minimum absolute atomic E-state index is 0.129. The Bertz CT molecular complexity index is 2690. The summed E-state index contributed by atoms with van der Waals surface area (Å²) in [6.07, 6.45) is 9.68. The van der Waals surface area contributed by atoms with Gasteiger partial charge < -0.3 is 29.3 Å². The van der Waals surface area contributed by atoms with Crippen molar-refractivity contribution in [1.82, 2.24) is 40.8 Å². The number of phenolic OH excluding ortho intramolecular Hbond substituents is 1. The van der Waals surface area contributed by atoms with Crippen LogP contribution in [0.4, 0.5) is 8.78 Å². The van der Waals surface area contributed by atoms with E-state index in [1.54, 1.807) is 24.3 Å². The molecule has 2 aromatic heterocycles. The lowest BCUT2D eigenvalue weighted by Gasteiger charge is -2.51. The number of aromatic hydroxyl groups is 1. The van der Waals surface area contributed by atoms with E-state index < -0.39 is 35.2 Å². The van der Waals surface area contributed by atoms with Gasteiger partial charge in [0.1, 0.15) is 24.1 Å². The van der Waals surface area contributed by atoms with E-state index in [1.807, 2.05) is 6.07 Å². The smallest absolute Gasteiger partial charge is 0.255 e. The second-order valence-corrected chi connectivity index (χ2v) is 19.4. The zero-order chi connectivity index (χ0) is 47.7. The number of rotatable bonds is 16. The molecule has 69 heavy (non-hydrogen) atoms. The minimum atomic E-state index is -1.17. The lowest BCUT2D eigenvalue weighted by Crippen LogP contribution is -2.52. The summed E-state index contributed by atoms with van der Waals surface area (Å²) in [6, 6.07) is 18.4. The highest BCUT2D eigenvalue weighted by Gasteiger charge is 2.52. The zero-order valence-corrected chi connectivity index (χ0v) is 38.2. The third-order valence-corrected chi connectivity index (χ3v) is 15.1. The molecule has 11 rings (SSSR count). The fourth-order valence-corrected chi connectivity index (χ4v) is 10.8. The highest BCUT2D eigenvalue weighted by atomic mass is 19.1. The van der Waals surface area contributed by atoms with Gasteiger partial charge in [0, 0.05) is 47.7 Å². The summed E-state index contributed by atoms with van der Waals surface area (Å²) in [4.78, 5) is 58.8. The molecule has 360 valence electrons. The van der Waals surface area contributed by atoms with Crippen LogP contribution in [-0.2, 0) is 34.7 Å². The number of likely N-dealkylation sites (tertiary alicyclic amines) is 1. The minimum Gasteiger partial charge on any atom is -0.503 e. The molecule has 18 heteroatoms. The predicted octanol–water partition coefficient (Wildman–Crippen LogP) is 6.94.